The highest BCUT2D eigenvalue weighted by Gasteiger charge is 2.22. The molecule has 0 fully saturated rings. The van der Waals surface area contributed by atoms with E-state index in [9.17, 15) is 9.59 Å². The zero-order valence-corrected chi connectivity index (χ0v) is 18.2. The quantitative estimate of drug-likeness (QED) is 0.465. The third-order valence-electron chi connectivity index (χ3n) is 4.60. The molecule has 0 aliphatic carbocycles. The number of anilines is 2. The third kappa shape index (κ3) is 4.24. The van der Waals surface area contributed by atoms with Gasteiger partial charge in [0.2, 0.25) is 0 Å². The molecule has 4 aromatic rings. The standard InChI is InChI=1S/C21H17BrN6O3/c1-27(21(30)17-10-11-18(22)31-17)16-9-4-3-8-15(16)20(29)23-14-7-5-6-13(12-14)19-24-25-26-28(19)2/h3-12H,1-2H3,(H,23,29). The number of hydrogen-bond acceptors (Lipinski definition) is 6. The lowest BCUT2D eigenvalue weighted by Gasteiger charge is -2.19. The van der Waals surface area contributed by atoms with Gasteiger partial charge in [0.15, 0.2) is 16.3 Å². The van der Waals surface area contributed by atoms with Crippen molar-refractivity contribution in [1.29, 1.82) is 0 Å². The highest BCUT2D eigenvalue weighted by molar-refractivity contribution is 9.10. The summed E-state index contributed by atoms with van der Waals surface area (Å²) in [7, 11) is 3.33. The van der Waals surface area contributed by atoms with Crippen molar-refractivity contribution in [2.24, 2.45) is 7.05 Å². The molecule has 2 aromatic heterocycles. The molecule has 0 aliphatic heterocycles. The highest BCUT2D eigenvalue weighted by atomic mass is 79.9. The van der Waals surface area contributed by atoms with E-state index in [0.717, 1.165) is 5.56 Å². The van der Waals surface area contributed by atoms with Gasteiger partial charge in [0.05, 0.1) is 11.3 Å². The number of para-hydroxylation sites is 1. The fraction of sp³-hybridized carbons (Fsp3) is 0.0952. The SMILES string of the molecule is CN(C(=O)c1ccc(Br)o1)c1ccccc1C(=O)Nc1cccc(-c2nnnn2C)c1. The van der Waals surface area contributed by atoms with Gasteiger partial charge in [-0.1, -0.05) is 24.3 Å². The highest BCUT2D eigenvalue weighted by Crippen LogP contribution is 2.25. The van der Waals surface area contributed by atoms with E-state index in [1.165, 1.54) is 4.90 Å². The Morgan fingerprint density at radius 3 is 2.61 bits per heavy atom. The summed E-state index contributed by atoms with van der Waals surface area (Å²) >= 11 is 3.19. The Morgan fingerprint density at radius 2 is 1.90 bits per heavy atom. The minimum atomic E-state index is -0.372. The molecule has 0 saturated heterocycles. The van der Waals surface area contributed by atoms with Crippen LogP contribution < -0.4 is 10.2 Å². The van der Waals surface area contributed by atoms with Crippen molar-refractivity contribution in [2.45, 2.75) is 0 Å². The second kappa shape index (κ2) is 8.52. The van der Waals surface area contributed by atoms with Crippen molar-refractivity contribution in [3.63, 3.8) is 0 Å². The third-order valence-corrected chi connectivity index (χ3v) is 5.02. The van der Waals surface area contributed by atoms with Crippen molar-refractivity contribution in [2.75, 3.05) is 17.3 Å². The number of carbonyl (C=O) groups is 2. The van der Waals surface area contributed by atoms with Crippen LogP contribution in [0.2, 0.25) is 0 Å². The van der Waals surface area contributed by atoms with Crippen molar-refractivity contribution in [3.8, 4) is 11.4 Å². The van der Waals surface area contributed by atoms with E-state index >= 15 is 0 Å². The first-order valence-electron chi connectivity index (χ1n) is 9.20. The summed E-state index contributed by atoms with van der Waals surface area (Å²) in [5.74, 6) is 0.00728. The molecule has 0 unspecified atom stereocenters. The van der Waals surface area contributed by atoms with Gasteiger partial charge in [-0.25, -0.2) is 4.68 Å². The van der Waals surface area contributed by atoms with E-state index < -0.39 is 0 Å². The number of aromatic nitrogens is 4. The Bertz CT molecular complexity index is 1270. The van der Waals surface area contributed by atoms with Crippen LogP contribution >= 0.6 is 15.9 Å². The topological polar surface area (TPSA) is 106 Å². The molecule has 2 amide bonds. The van der Waals surface area contributed by atoms with Crippen LogP contribution in [0.1, 0.15) is 20.9 Å². The van der Waals surface area contributed by atoms with Crippen LogP contribution in [0.3, 0.4) is 0 Å². The predicted molar refractivity (Wildman–Crippen MR) is 118 cm³/mol. The van der Waals surface area contributed by atoms with E-state index in [0.29, 0.717) is 27.4 Å². The zero-order valence-electron chi connectivity index (χ0n) is 16.6. The Labute approximate surface area is 185 Å². The molecule has 2 heterocycles. The van der Waals surface area contributed by atoms with Crippen LogP contribution in [0.4, 0.5) is 11.4 Å². The predicted octanol–water partition coefficient (Wildman–Crippen LogP) is 3.76. The summed E-state index contributed by atoms with van der Waals surface area (Å²) in [4.78, 5) is 27.2. The molecule has 0 atom stereocenters. The first-order chi connectivity index (χ1) is 14.9. The van der Waals surface area contributed by atoms with Gasteiger partial charge >= 0.3 is 0 Å². The van der Waals surface area contributed by atoms with E-state index in [2.05, 4.69) is 36.8 Å². The summed E-state index contributed by atoms with van der Waals surface area (Å²) in [6.07, 6.45) is 0. The maximum Gasteiger partial charge on any atom is 0.293 e. The van der Waals surface area contributed by atoms with E-state index in [1.54, 1.807) is 73.4 Å². The van der Waals surface area contributed by atoms with E-state index in [-0.39, 0.29) is 17.6 Å². The summed E-state index contributed by atoms with van der Waals surface area (Å²) in [5.41, 5.74) is 2.12. The number of tetrazole rings is 1. The Hall–Kier alpha value is -3.79. The zero-order chi connectivity index (χ0) is 22.0. The molecule has 0 bridgehead atoms. The van der Waals surface area contributed by atoms with Gasteiger partial charge in [0, 0.05) is 25.3 Å². The van der Waals surface area contributed by atoms with Crippen LogP contribution in [-0.4, -0.2) is 39.1 Å². The van der Waals surface area contributed by atoms with Crippen LogP contribution in [0.15, 0.2) is 69.8 Å². The van der Waals surface area contributed by atoms with Crippen LogP contribution in [0.5, 0.6) is 0 Å². The van der Waals surface area contributed by atoms with Crippen LogP contribution in [0, 0.1) is 0 Å². The number of halogens is 1. The fourth-order valence-corrected chi connectivity index (χ4v) is 3.38. The van der Waals surface area contributed by atoms with Gasteiger partial charge in [-0.2, -0.15) is 0 Å². The van der Waals surface area contributed by atoms with Gasteiger partial charge in [-0.3, -0.25) is 9.59 Å². The first kappa shape index (κ1) is 20.5. The maximum absolute atomic E-state index is 13.0. The molecule has 0 radical (unpaired) electrons. The van der Waals surface area contributed by atoms with Crippen LogP contribution in [-0.2, 0) is 7.05 Å². The van der Waals surface area contributed by atoms with Gasteiger partial charge < -0.3 is 14.6 Å². The number of aryl methyl sites for hydroxylation is 1. The van der Waals surface area contributed by atoms with Crippen molar-refractivity contribution in [1.82, 2.24) is 20.2 Å². The summed E-state index contributed by atoms with van der Waals surface area (Å²) < 4.78 is 7.35. The number of nitrogens with one attached hydrogen (secondary N) is 1. The average Bonchev–Trinajstić information content (AvgIpc) is 3.41. The average molecular weight is 481 g/mol. The van der Waals surface area contributed by atoms with Crippen molar-refractivity contribution < 1.29 is 14.0 Å². The smallest absolute Gasteiger partial charge is 0.293 e. The number of amides is 2. The van der Waals surface area contributed by atoms with Gasteiger partial charge in [0.25, 0.3) is 11.8 Å². The van der Waals surface area contributed by atoms with Gasteiger partial charge in [-0.05, 0) is 62.8 Å². The van der Waals surface area contributed by atoms with Gasteiger partial charge in [-0.15, -0.1) is 5.10 Å². The number of rotatable bonds is 5. The fourth-order valence-electron chi connectivity index (χ4n) is 3.07. The van der Waals surface area contributed by atoms with Crippen LogP contribution in [0.25, 0.3) is 11.4 Å². The Balaban J connectivity index is 1.59. The van der Waals surface area contributed by atoms with Crippen molar-refractivity contribution >= 4 is 39.1 Å². The summed E-state index contributed by atoms with van der Waals surface area (Å²) in [5, 5.41) is 14.3. The minimum Gasteiger partial charge on any atom is -0.444 e. The number of nitrogens with zero attached hydrogens (tertiary/aromatic N) is 5. The molecule has 10 heteroatoms. The van der Waals surface area contributed by atoms with Crippen molar-refractivity contribution in [3.05, 3.63) is 76.7 Å². The second-order valence-corrected chi connectivity index (χ2v) is 7.43. The number of benzene rings is 2. The lowest BCUT2D eigenvalue weighted by molar-refractivity contribution is 0.0965. The number of furan rings is 1. The lowest BCUT2D eigenvalue weighted by Crippen LogP contribution is -2.28. The molecule has 0 spiro atoms. The largest absolute Gasteiger partial charge is 0.444 e. The molecule has 2 aromatic carbocycles. The second-order valence-electron chi connectivity index (χ2n) is 6.65. The molecule has 156 valence electrons. The number of carbonyl (C=O) groups excluding carboxylic acids is 2. The number of hydrogen-bond donors (Lipinski definition) is 1. The molecule has 0 saturated carbocycles. The minimum absolute atomic E-state index is 0.162. The Kier molecular flexibility index (Phi) is 5.63. The molecular weight excluding hydrogens is 464 g/mol. The molecule has 4 rings (SSSR count). The normalized spacial score (nSPS) is 10.7. The molecule has 1 N–H and O–H groups in total. The van der Waals surface area contributed by atoms with E-state index in [1.807, 2.05) is 6.07 Å². The molecular formula is C21H17BrN6O3. The first-order valence-corrected chi connectivity index (χ1v) is 10.00. The monoisotopic (exact) mass is 480 g/mol. The van der Waals surface area contributed by atoms with Gasteiger partial charge in [0.1, 0.15) is 0 Å². The summed E-state index contributed by atoms with van der Waals surface area (Å²) in [6, 6.07) is 17.3. The maximum atomic E-state index is 13.0. The summed E-state index contributed by atoms with van der Waals surface area (Å²) in [6.45, 7) is 0. The molecule has 31 heavy (non-hydrogen) atoms. The lowest BCUT2D eigenvalue weighted by atomic mass is 10.1. The molecule has 0 aliphatic rings. The molecule has 9 nitrogen and oxygen atoms in total. The van der Waals surface area contributed by atoms with E-state index in [4.69, 9.17) is 4.42 Å². The Morgan fingerprint density at radius 1 is 1.10 bits per heavy atom.